The van der Waals surface area contributed by atoms with Gasteiger partial charge in [-0.2, -0.15) is 8.42 Å². The molecule has 0 aromatic rings. The van der Waals surface area contributed by atoms with Crippen molar-refractivity contribution in [3.05, 3.63) is 0 Å². The first kappa shape index (κ1) is 18.1. The van der Waals surface area contributed by atoms with Crippen LogP contribution in [0.2, 0.25) is 0 Å². The Bertz CT molecular complexity index is 138. The lowest BCUT2D eigenvalue weighted by molar-refractivity contribution is -0.126. The molecule has 0 aliphatic carbocycles. The fourth-order valence-electron chi connectivity index (χ4n) is 0. The van der Waals surface area contributed by atoms with Crippen LogP contribution in [0.1, 0.15) is 13.8 Å². The van der Waals surface area contributed by atoms with Crippen LogP contribution in [0.15, 0.2) is 0 Å². The first-order valence-electron chi connectivity index (χ1n) is 3.07. The quantitative estimate of drug-likeness (QED) is 0.649. The minimum Gasteiger partial charge on any atom is -0.471 e. The van der Waals surface area contributed by atoms with Gasteiger partial charge in [0, 0.05) is 0 Å². The molecule has 0 aliphatic heterocycles. The predicted octanol–water partition coefficient (Wildman–Crippen LogP) is -0.154. The van der Waals surface area contributed by atoms with Gasteiger partial charge in [-0.15, -0.1) is 0 Å². The zero-order valence-corrected chi connectivity index (χ0v) is 8.47. The van der Waals surface area contributed by atoms with Crippen molar-refractivity contribution in [2.75, 3.05) is 13.7 Å². The molecule has 0 radical (unpaired) electrons. The molecular formula is C6H13FO5S. The van der Waals surface area contributed by atoms with Crippen LogP contribution in [-0.2, 0) is 21.1 Å². The average Bonchev–Trinajstić information content (AvgIpc) is 2.05. The SMILES string of the molecule is CC(C)(F)CO.COC=O.O=S=O. The highest BCUT2D eigenvalue weighted by molar-refractivity contribution is 7.51. The van der Waals surface area contributed by atoms with Gasteiger partial charge in [0.15, 0.2) is 0 Å². The minimum absolute atomic E-state index is 0.375. The Morgan fingerprint density at radius 2 is 1.69 bits per heavy atom. The van der Waals surface area contributed by atoms with Gasteiger partial charge in [-0.3, -0.25) is 4.79 Å². The van der Waals surface area contributed by atoms with Crippen molar-refractivity contribution < 1.29 is 27.4 Å². The second-order valence-electron chi connectivity index (χ2n) is 2.28. The molecule has 0 saturated carbocycles. The van der Waals surface area contributed by atoms with Gasteiger partial charge in [-0.05, 0) is 13.8 Å². The van der Waals surface area contributed by atoms with Crippen molar-refractivity contribution >= 4 is 18.0 Å². The van der Waals surface area contributed by atoms with Crippen molar-refractivity contribution in [1.29, 1.82) is 0 Å². The first-order chi connectivity index (χ1) is 5.89. The summed E-state index contributed by atoms with van der Waals surface area (Å²) in [5.74, 6) is 0. The standard InChI is InChI=1S/C4H9FO.C2H4O2.O2S/c1-4(2,5)3-6;1-4-2-3;1-3-2/h6H,3H2,1-2H3;2H,1H3;. The van der Waals surface area contributed by atoms with E-state index in [1.807, 2.05) is 0 Å². The Hall–Kier alpha value is -0.820. The molecule has 0 amide bonds. The van der Waals surface area contributed by atoms with E-state index in [1.54, 1.807) is 0 Å². The van der Waals surface area contributed by atoms with Gasteiger partial charge in [0.2, 0.25) is 0 Å². The number of hydrogen-bond acceptors (Lipinski definition) is 5. The maximum Gasteiger partial charge on any atom is 0.335 e. The number of rotatable bonds is 2. The van der Waals surface area contributed by atoms with Crippen LogP contribution in [0, 0.1) is 0 Å². The topological polar surface area (TPSA) is 80.7 Å². The van der Waals surface area contributed by atoms with Crippen LogP contribution in [0.5, 0.6) is 0 Å². The number of halogens is 1. The second kappa shape index (κ2) is 13.7. The summed E-state index contributed by atoms with van der Waals surface area (Å²) in [5.41, 5.74) is -1.40. The summed E-state index contributed by atoms with van der Waals surface area (Å²) >= 11 is -0.750. The van der Waals surface area contributed by atoms with E-state index in [0.717, 1.165) is 0 Å². The van der Waals surface area contributed by atoms with Crippen molar-refractivity contribution in [2.45, 2.75) is 19.5 Å². The van der Waals surface area contributed by atoms with E-state index in [9.17, 15) is 4.39 Å². The molecule has 0 aromatic heterocycles. The highest BCUT2D eigenvalue weighted by Gasteiger charge is 2.11. The van der Waals surface area contributed by atoms with Crippen molar-refractivity contribution in [3.8, 4) is 0 Å². The molecular weight excluding hydrogens is 203 g/mol. The van der Waals surface area contributed by atoms with E-state index >= 15 is 0 Å². The lowest BCUT2D eigenvalue weighted by atomic mass is 10.2. The molecule has 0 aliphatic rings. The first-order valence-corrected chi connectivity index (χ1v) is 3.74. The zero-order chi connectivity index (χ0) is 11.3. The maximum atomic E-state index is 11.9. The Labute approximate surface area is 79.5 Å². The van der Waals surface area contributed by atoms with Gasteiger partial charge in [0.1, 0.15) is 5.67 Å². The smallest absolute Gasteiger partial charge is 0.335 e. The molecule has 0 spiro atoms. The van der Waals surface area contributed by atoms with E-state index in [4.69, 9.17) is 18.3 Å². The van der Waals surface area contributed by atoms with Crippen LogP contribution in [0.25, 0.3) is 0 Å². The minimum atomic E-state index is -1.40. The molecule has 80 valence electrons. The van der Waals surface area contributed by atoms with Crippen LogP contribution in [-0.4, -0.2) is 39.4 Å². The van der Waals surface area contributed by atoms with E-state index in [1.165, 1.54) is 21.0 Å². The number of aliphatic hydroxyl groups is 1. The van der Waals surface area contributed by atoms with Gasteiger partial charge < -0.3 is 9.84 Å². The third kappa shape index (κ3) is 93.2. The molecule has 0 aromatic carbocycles. The van der Waals surface area contributed by atoms with Crippen LogP contribution in [0.3, 0.4) is 0 Å². The summed E-state index contributed by atoms with van der Waals surface area (Å²) in [7, 11) is 1.31. The Balaban J connectivity index is -0.000000125. The van der Waals surface area contributed by atoms with E-state index in [0.29, 0.717) is 6.47 Å². The average molecular weight is 216 g/mol. The molecule has 13 heavy (non-hydrogen) atoms. The summed E-state index contributed by atoms with van der Waals surface area (Å²) in [5, 5.41) is 8.03. The summed E-state index contributed by atoms with van der Waals surface area (Å²) in [6, 6.07) is 0. The van der Waals surface area contributed by atoms with E-state index in [-0.39, 0.29) is 0 Å². The predicted molar refractivity (Wildman–Crippen MR) is 44.3 cm³/mol. The van der Waals surface area contributed by atoms with Crippen molar-refractivity contribution in [1.82, 2.24) is 0 Å². The molecule has 0 atom stereocenters. The Morgan fingerprint density at radius 1 is 1.54 bits per heavy atom. The van der Waals surface area contributed by atoms with Crippen molar-refractivity contribution in [3.63, 3.8) is 0 Å². The lowest BCUT2D eigenvalue weighted by Crippen LogP contribution is -2.16. The summed E-state index contributed by atoms with van der Waals surface area (Å²) < 4.78 is 32.3. The van der Waals surface area contributed by atoms with E-state index in [2.05, 4.69) is 4.74 Å². The van der Waals surface area contributed by atoms with Gasteiger partial charge in [-0.1, -0.05) is 0 Å². The second-order valence-corrected chi connectivity index (χ2v) is 2.41. The zero-order valence-electron chi connectivity index (χ0n) is 7.65. The molecule has 0 heterocycles. The maximum absolute atomic E-state index is 11.9. The number of ether oxygens (including phenoxy) is 1. The van der Waals surface area contributed by atoms with Crippen LogP contribution >= 0.6 is 0 Å². The summed E-state index contributed by atoms with van der Waals surface area (Å²) in [6.45, 7) is 2.63. The number of aliphatic hydroxyl groups excluding tert-OH is 1. The monoisotopic (exact) mass is 216 g/mol. The summed E-state index contributed by atoms with van der Waals surface area (Å²) in [4.78, 5) is 8.95. The van der Waals surface area contributed by atoms with Gasteiger partial charge in [-0.25, -0.2) is 4.39 Å². The normalized spacial score (nSPS) is 8.08. The number of alkyl halides is 1. The highest BCUT2D eigenvalue weighted by atomic mass is 32.1. The third-order valence-electron chi connectivity index (χ3n) is 0.472. The molecule has 0 rings (SSSR count). The molecule has 7 heteroatoms. The van der Waals surface area contributed by atoms with Crippen molar-refractivity contribution in [2.24, 2.45) is 0 Å². The van der Waals surface area contributed by atoms with Crippen LogP contribution < -0.4 is 0 Å². The highest BCUT2D eigenvalue weighted by Crippen LogP contribution is 2.03. The van der Waals surface area contributed by atoms with Gasteiger partial charge in [0.25, 0.3) is 6.47 Å². The number of methoxy groups -OCH3 is 1. The third-order valence-corrected chi connectivity index (χ3v) is 0.472. The molecule has 5 nitrogen and oxygen atoms in total. The fourth-order valence-corrected chi connectivity index (χ4v) is 0. The number of carbonyl (C=O) groups is 1. The number of carbonyl (C=O) groups excluding carboxylic acids is 1. The Kier molecular flexibility index (Phi) is 19.1. The van der Waals surface area contributed by atoms with Crippen LogP contribution in [0.4, 0.5) is 4.39 Å². The number of hydrogen-bond donors (Lipinski definition) is 1. The largest absolute Gasteiger partial charge is 0.471 e. The molecule has 0 unspecified atom stereocenters. The fraction of sp³-hybridized carbons (Fsp3) is 0.833. The van der Waals surface area contributed by atoms with Gasteiger partial charge >= 0.3 is 11.6 Å². The molecule has 1 N–H and O–H groups in total. The molecule has 0 bridgehead atoms. The Morgan fingerprint density at radius 3 is 1.69 bits per heavy atom. The van der Waals surface area contributed by atoms with E-state index < -0.39 is 23.8 Å². The summed E-state index contributed by atoms with van der Waals surface area (Å²) in [6.07, 6.45) is 0. The molecule has 0 saturated heterocycles. The lowest BCUT2D eigenvalue weighted by Gasteiger charge is -2.06. The molecule has 0 fully saturated rings. The van der Waals surface area contributed by atoms with Gasteiger partial charge in [0.05, 0.1) is 13.7 Å².